The lowest BCUT2D eigenvalue weighted by Gasteiger charge is -2.10. The Morgan fingerprint density at radius 2 is 2.38 bits per heavy atom. The van der Waals surface area contributed by atoms with Crippen LogP contribution < -0.4 is 10.6 Å². The number of aromatic nitrogens is 1. The molecule has 0 radical (unpaired) electrons. The van der Waals surface area contributed by atoms with Gasteiger partial charge in [0.1, 0.15) is 0 Å². The lowest BCUT2D eigenvalue weighted by Crippen LogP contribution is -2.38. The Hall–Kier alpha value is -1.14. The third-order valence-electron chi connectivity index (χ3n) is 1.92. The number of rotatable bonds is 5. The molecule has 1 aromatic rings. The van der Waals surface area contributed by atoms with Gasteiger partial charge in [-0.2, -0.15) is 0 Å². The van der Waals surface area contributed by atoms with Crippen molar-refractivity contribution in [3.8, 4) is 0 Å². The number of nitrogens with zero attached hydrogens (tertiary/aromatic N) is 2. The van der Waals surface area contributed by atoms with Crippen LogP contribution >= 0.6 is 11.3 Å². The second-order valence-corrected chi connectivity index (χ2v) is 4.51. The monoisotopic (exact) mass is 242 g/mol. The minimum atomic E-state index is 0.667. The highest BCUT2D eigenvalue weighted by atomic mass is 32.1. The van der Waals surface area contributed by atoms with Gasteiger partial charge in [-0.25, -0.2) is 4.98 Å². The number of thiazole rings is 1. The summed E-state index contributed by atoms with van der Waals surface area (Å²) in [6.07, 6.45) is 1.88. The minimum Gasteiger partial charge on any atom is -0.383 e. The lowest BCUT2D eigenvalue weighted by atomic mass is 10.5. The van der Waals surface area contributed by atoms with Gasteiger partial charge in [-0.3, -0.25) is 4.99 Å². The third kappa shape index (κ3) is 4.59. The molecule has 0 atom stereocenters. The molecule has 1 rings (SSSR count). The van der Waals surface area contributed by atoms with Gasteiger partial charge in [-0.15, -0.1) is 11.3 Å². The Bertz CT molecular complexity index is 337. The maximum Gasteiger partial charge on any atom is 0.191 e. The molecule has 0 saturated carbocycles. The van der Waals surface area contributed by atoms with Gasteiger partial charge in [0, 0.05) is 31.8 Å². The van der Waals surface area contributed by atoms with Crippen molar-refractivity contribution in [1.82, 2.24) is 15.6 Å². The van der Waals surface area contributed by atoms with Crippen LogP contribution in [0.1, 0.15) is 9.88 Å². The van der Waals surface area contributed by atoms with E-state index < -0.39 is 0 Å². The summed E-state index contributed by atoms with van der Waals surface area (Å²) in [4.78, 5) is 9.50. The van der Waals surface area contributed by atoms with Crippen molar-refractivity contribution in [1.29, 1.82) is 0 Å². The summed E-state index contributed by atoms with van der Waals surface area (Å²) in [5, 5.41) is 7.44. The molecule has 2 N–H and O–H groups in total. The molecular formula is C10H18N4OS. The predicted molar refractivity (Wildman–Crippen MR) is 66.9 cm³/mol. The highest BCUT2D eigenvalue weighted by Gasteiger charge is 2.00. The number of ether oxygens (including phenoxy) is 1. The molecule has 1 aromatic heterocycles. The molecule has 0 aliphatic carbocycles. The third-order valence-corrected chi connectivity index (χ3v) is 2.83. The number of nitrogens with one attached hydrogen (secondary N) is 2. The number of aliphatic imine (C=N–C) groups is 1. The van der Waals surface area contributed by atoms with Crippen molar-refractivity contribution < 1.29 is 4.74 Å². The highest BCUT2D eigenvalue weighted by molar-refractivity contribution is 7.11. The van der Waals surface area contributed by atoms with Gasteiger partial charge in [-0.05, 0) is 6.92 Å². The van der Waals surface area contributed by atoms with E-state index in [-0.39, 0.29) is 0 Å². The highest BCUT2D eigenvalue weighted by Crippen LogP contribution is 2.10. The number of guanidine groups is 1. The van der Waals surface area contributed by atoms with Crippen LogP contribution in [0.25, 0.3) is 0 Å². The number of hydrogen-bond donors (Lipinski definition) is 2. The summed E-state index contributed by atoms with van der Waals surface area (Å²) in [7, 11) is 3.43. The van der Waals surface area contributed by atoms with E-state index in [9.17, 15) is 0 Å². The van der Waals surface area contributed by atoms with Gasteiger partial charge >= 0.3 is 0 Å². The minimum absolute atomic E-state index is 0.667. The quantitative estimate of drug-likeness (QED) is 0.455. The second-order valence-electron chi connectivity index (χ2n) is 3.19. The zero-order valence-electron chi connectivity index (χ0n) is 9.91. The zero-order chi connectivity index (χ0) is 11.8. The largest absolute Gasteiger partial charge is 0.383 e. The van der Waals surface area contributed by atoms with E-state index in [2.05, 4.69) is 20.6 Å². The van der Waals surface area contributed by atoms with E-state index in [1.807, 2.05) is 13.1 Å². The summed E-state index contributed by atoms with van der Waals surface area (Å²) in [6, 6.07) is 0. The molecule has 16 heavy (non-hydrogen) atoms. The van der Waals surface area contributed by atoms with Crippen LogP contribution in [0.15, 0.2) is 11.2 Å². The molecule has 6 heteroatoms. The van der Waals surface area contributed by atoms with Gasteiger partial charge in [0.25, 0.3) is 0 Å². The van der Waals surface area contributed by atoms with E-state index in [0.717, 1.165) is 24.1 Å². The summed E-state index contributed by atoms with van der Waals surface area (Å²) in [5.41, 5.74) is 0. The average molecular weight is 242 g/mol. The second kappa shape index (κ2) is 7.19. The Morgan fingerprint density at radius 1 is 1.56 bits per heavy atom. The van der Waals surface area contributed by atoms with Gasteiger partial charge < -0.3 is 15.4 Å². The van der Waals surface area contributed by atoms with Crippen molar-refractivity contribution >= 4 is 17.3 Å². The zero-order valence-corrected chi connectivity index (χ0v) is 10.7. The molecule has 0 bridgehead atoms. The first-order valence-electron chi connectivity index (χ1n) is 5.11. The first-order chi connectivity index (χ1) is 7.76. The van der Waals surface area contributed by atoms with E-state index in [1.165, 1.54) is 4.88 Å². The van der Waals surface area contributed by atoms with Crippen molar-refractivity contribution in [2.24, 2.45) is 4.99 Å². The molecule has 0 aliphatic heterocycles. The predicted octanol–water partition coefficient (Wildman–Crippen LogP) is 0.763. The number of aryl methyl sites for hydroxylation is 1. The Morgan fingerprint density at radius 3 is 2.94 bits per heavy atom. The van der Waals surface area contributed by atoms with Gasteiger partial charge in [-0.1, -0.05) is 0 Å². The molecule has 0 fully saturated rings. The molecule has 0 aromatic carbocycles. The first kappa shape index (κ1) is 12.9. The Balaban J connectivity index is 2.29. The van der Waals surface area contributed by atoms with Crippen molar-refractivity contribution in [3.63, 3.8) is 0 Å². The van der Waals surface area contributed by atoms with E-state index in [0.29, 0.717) is 6.61 Å². The maximum atomic E-state index is 4.95. The average Bonchev–Trinajstić information content (AvgIpc) is 2.69. The molecule has 1 heterocycles. The standard InChI is InChI=1S/C10H18N4OS/c1-8-13-6-9(16-8)7-14-10(11-2)12-4-5-15-3/h6H,4-5,7H2,1-3H3,(H2,11,12,14). The van der Waals surface area contributed by atoms with Gasteiger partial charge in [0.15, 0.2) is 5.96 Å². The number of methoxy groups -OCH3 is 1. The van der Waals surface area contributed by atoms with Crippen LogP contribution in [0, 0.1) is 6.92 Å². The van der Waals surface area contributed by atoms with E-state index in [1.54, 1.807) is 25.5 Å². The van der Waals surface area contributed by atoms with Crippen LogP contribution in [-0.4, -0.2) is 38.3 Å². The fourth-order valence-corrected chi connectivity index (χ4v) is 1.88. The molecular weight excluding hydrogens is 224 g/mol. The van der Waals surface area contributed by atoms with Crippen molar-refractivity contribution in [2.75, 3.05) is 27.3 Å². The number of hydrogen-bond acceptors (Lipinski definition) is 4. The topological polar surface area (TPSA) is 58.5 Å². The fourth-order valence-electron chi connectivity index (χ4n) is 1.15. The van der Waals surface area contributed by atoms with Gasteiger partial charge in [0.2, 0.25) is 0 Å². The SMILES string of the molecule is CN=C(NCCOC)NCc1cnc(C)s1. The molecule has 0 amide bonds. The van der Waals surface area contributed by atoms with Gasteiger partial charge in [0.05, 0.1) is 18.2 Å². The van der Waals surface area contributed by atoms with Crippen LogP contribution in [0.5, 0.6) is 0 Å². The van der Waals surface area contributed by atoms with Crippen molar-refractivity contribution in [3.05, 3.63) is 16.1 Å². The lowest BCUT2D eigenvalue weighted by molar-refractivity contribution is 0.203. The molecule has 5 nitrogen and oxygen atoms in total. The van der Waals surface area contributed by atoms with E-state index >= 15 is 0 Å². The van der Waals surface area contributed by atoms with Crippen LogP contribution in [0.2, 0.25) is 0 Å². The molecule has 0 saturated heterocycles. The fraction of sp³-hybridized carbons (Fsp3) is 0.600. The molecule has 0 unspecified atom stereocenters. The Kier molecular flexibility index (Phi) is 5.81. The normalized spacial score (nSPS) is 11.6. The maximum absolute atomic E-state index is 4.95. The summed E-state index contributed by atoms with van der Waals surface area (Å²) in [5.74, 6) is 0.781. The molecule has 0 aliphatic rings. The van der Waals surface area contributed by atoms with Crippen molar-refractivity contribution in [2.45, 2.75) is 13.5 Å². The smallest absolute Gasteiger partial charge is 0.191 e. The summed E-state index contributed by atoms with van der Waals surface area (Å²) < 4.78 is 4.95. The Labute approximate surface area is 100.0 Å². The molecule has 0 spiro atoms. The summed E-state index contributed by atoms with van der Waals surface area (Å²) >= 11 is 1.69. The van der Waals surface area contributed by atoms with Crippen LogP contribution in [0.3, 0.4) is 0 Å². The van der Waals surface area contributed by atoms with Crippen LogP contribution in [0.4, 0.5) is 0 Å². The first-order valence-corrected chi connectivity index (χ1v) is 5.92. The van der Waals surface area contributed by atoms with Crippen LogP contribution in [-0.2, 0) is 11.3 Å². The molecule has 90 valence electrons. The summed E-state index contributed by atoms with van der Waals surface area (Å²) in [6.45, 7) is 4.16. The van der Waals surface area contributed by atoms with E-state index in [4.69, 9.17) is 4.74 Å².